The number of nitrogens with one attached hydrogen (secondary N) is 3. The van der Waals surface area contributed by atoms with Crippen LogP contribution < -0.4 is 10.6 Å². The van der Waals surface area contributed by atoms with Gasteiger partial charge in [-0.15, -0.1) is 0 Å². The zero-order valence-electron chi connectivity index (χ0n) is 10.3. The molecular weight excluding hydrogens is 250 g/mol. The molecule has 1 aliphatic rings. The molecule has 0 radical (unpaired) electrons. The highest BCUT2D eigenvalue weighted by Crippen LogP contribution is 2.08. The molecule has 3 amide bonds. The summed E-state index contributed by atoms with van der Waals surface area (Å²) in [6.45, 7) is 1.39. The molecule has 1 saturated heterocycles. The molecule has 1 aromatic rings. The molecule has 0 saturated carbocycles. The monoisotopic (exact) mass is 263 g/mol. The Labute approximate surface area is 108 Å². The Morgan fingerprint density at radius 2 is 2.11 bits per heavy atom. The largest absolute Gasteiger partial charge is 0.356 e. The molecule has 0 bridgehead atoms. The normalized spacial score (nSPS) is 18.9. The molecule has 3 N–H and O–H groups in total. The van der Waals surface area contributed by atoms with Crippen molar-refractivity contribution >= 4 is 23.5 Å². The third-order valence-electron chi connectivity index (χ3n) is 2.88. The lowest BCUT2D eigenvalue weighted by molar-refractivity contribution is -0.134. The van der Waals surface area contributed by atoms with E-state index >= 15 is 0 Å². The molecule has 100 valence electrons. The summed E-state index contributed by atoms with van der Waals surface area (Å²) >= 11 is 0. The third-order valence-corrected chi connectivity index (χ3v) is 2.88. The molecule has 1 aliphatic heterocycles. The maximum absolute atomic E-state index is 11.9. The number of aromatic nitrogens is 1. The van der Waals surface area contributed by atoms with Crippen LogP contribution in [0.4, 0.5) is 0 Å². The number of Topliss-reactive ketones (excluding diaryl/α,β-unsaturated/α-hetero) is 1. The zero-order chi connectivity index (χ0) is 14.0. The van der Waals surface area contributed by atoms with Crippen LogP contribution in [-0.4, -0.2) is 34.5 Å². The molecule has 19 heavy (non-hydrogen) atoms. The van der Waals surface area contributed by atoms with E-state index in [0.29, 0.717) is 5.56 Å². The lowest BCUT2D eigenvalue weighted by atomic mass is 10.1. The van der Waals surface area contributed by atoms with Crippen molar-refractivity contribution in [1.29, 1.82) is 0 Å². The Balaban J connectivity index is 2.02. The van der Waals surface area contributed by atoms with E-state index in [9.17, 15) is 19.2 Å². The minimum Gasteiger partial charge on any atom is -0.356 e. The van der Waals surface area contributed by atoms with Gasteiger partial charge in [-0.2, -0.15) is 0 Å². The van der Waals surface area contributed by atoms with Gasteiger partial charge < -0.3 is 10.3 Å². The van der Waals surface area contributed by atoms with Crippen LogP contribution in [0.15, 0.2) is 12.3 Å². The van der Waals surface area contributed by atoms with Crippen LogP contribution in [0.25, 0.3) is 0 Å². The summed E-state index contributed by atoms with van der Waals surface area (Å²) in [6, 6.07) is 0.693. The molecule has 0 aromatic carbocycles. The lowest BCUT2D eigenvalue weighted by Crippen LogP contribution is -2.52. The molecular formula is C12H13N3O4. The maximum Gasteiger partial charge on any atom is 0.268 e. The number of hydrogen-bond acceptors (Lipinski definition) is 4. The highest BCUT2D eigenvalue weighted by Gasteiger charge is 2.28. The summed E-state index contributed by atoms with van der Waals surface area (Å²) in [6.07, 6.45) is 1.90. The second-order valence-corrected chi connectivity index (χ2v) is 4.34. The topological polar surface area (TPSA) is 108 Å². The minimum absolute atomic E-state index is 0.156. The predicted molar refractivity (Wildman–Crippen MR) is 64.4 cm³/mol. The molecule has 0 aliphatic carbocycles. The lowest BCUT2D eigenvalue weighted by Gasteiger charge is -2.21. The van der Waals surface area contributed by atoms with Gasteiger partial charge in [-0.25, -0.2) is 0 Å². The zero-order valence-corrected chi connectivity index (χ0v) is 10.3. The summed E-state index contributed by atoms with van der Waals surface area (Å²) in [5.74, 6) is -1.49. The van der Waals surface area contributed by atoms with Crippen molar-refractivity contribution in [3.05, 3.63) is 23.5 Å². The molecule has 1 unspecified atom stereocenters. The first-order chi connectivity index (χ1) is 8.97. The van der Waals surface area contributed by atoms with E-state index in [0.717, 1.165) is 0 Å². The second-order valence-electron chi connectivity index (χ2n) is 4.34. The summed E-state index contributed by atoms with van der Waals surface area (Å²) in [4.78, 5) is 48.1. The van der Waals surface area contributed by atoms with E-state index in [1.54, 1.807) is 0 Å². The number of hydrogen-bond donors (Lipinski definition) is 3. The van der Waals surface area contributed by atoms with Crippen LogP contribution >= 0.6 is 0 Å². The molecule has 0 spiro atoms. The number of aromatic amines is 1. The van der Waals surface area contributed by atoms with E-state index in [-0.39, 0.29) is 30.2 Å². The molecule has 2 rings (SSSR count). The van der Waals surface area contributed by atoms with Gasteiger partial charge in [-0.1, -0.05) is 0 Å². The van der Waals surface area contributed by atoms with Gasteiger partial charge in [0.05, 0.1) is 0 Å². The quantitative estimate of drug-likeness (QED) is 0.516. The highest BCUT2D eigenvalue weighted by atomic mass is 16.2. The van der Waals surface area contributed by atoms with Crippen molar-refractivity contribution in [3.8, 4) is 0 Å². The molecule has 1 aromatic heterocycles. The second kappa shape index (κ2) is 5.05. The fourth-order valence-corrected chi connectivity index (χ4v) is 1.80. The van der Waals surface area contributed by atoms with Crippen LogP contribution in [0.3, 0.4) is 0 Å². The van der Waals surface area contributed by atoms with Crippen LogP contribution in [0, 0.1) is 0 Å². The van der Waals surface area contributed by atoms with Gasteiger partial charge in [0.15, 0.2) is 5.78 Å². The van der Waals surface area contributed by atoms with E-state index in [1.165, 1.54) is 19.2 Å². The van der Waals surface area contributed by atoms with Gasteiger partial charge in [-0.3, -0.25) is 24.5 Å². The molecule has 7 heteroatoms. The van der Waals surface area contributed by atoms with E-state index < -0.39 is 17.9 Å². The molecule has 2 heterocycles. The highest BCUT2D eigenvalue weighted by molar-refractivity contribution is 6.04. The maximum atomic E-state index is 11.9. The predicted octanol–water partition coefficient (Wildman–Crippen LogP) is -0.248. The number of amides is 3. The van der Waals surface area contributed by atoms with Crippen molar-refractivity contribution < 1.29 is 19.2 Å². The fourth-order valence-electron chi connectivity index (χ4n) is 1.80. The van der Waals surface area contributed by atoms with Crippen LogP contribution in [0.2, 0.25) is 0 Å². The Hall–Kier alpha value is -2.44. The standard InChI is InChI=1S/C12H13N3O4/c1-6(16)7-4-9(13-5-7)12(19)14-8-2-3-10(17)15-11(8)18/h4-5,8,13H,2-3H2,1H3,(H,14,19)(H,15,17,18). The fraction of sp³-hybridized carbons (Fsp3) is 0.333. The molecule has 7 nitrogen and oxygen atoms in total. The van der Waals surface area contributed by atoms with Gasteiger partial charge in [0.2, 0.25) is 11.8 Å². The number of rotatable bonds is 3. The third kappa shape index (κ3) is 2.87. The number of carbonyl (C=O) groups excluding carboxylic acids is 4. The average molecular weight is 263 g/mol. The number of imide groups is 1. The number of carbonyl (C=O) groups is 4. The number of piperidine rings is 1. The van der Waals surface area contributed by atoms with Gasteiger partial charge in [-0.05, 0) is 19.4 Å². The molecule has 1 fully saturated rings. The Kier molecular flexibility index (Phi) is 3.46. The van der Waals surface area contributed by atoms with Crippen molar-refractivity contribution in [1.82, 2.24) is 15.6 Å². The molecule has 1 atom stereocenters. The number of ketones is 1. The summed E-state index contributed by atoms with van der Waals surface area (Å²) < 4.78 is 0. The first-order valence-corrected chi connectivity index (χ1v) is 5.81. The van der Waals surface area contributed by atoms with Gasteiger partial charge in [0, 0.05) is 18.2 Å². The summed E-state index contributed by atoms with van der Waals surface area (Å²) in [7, 11) is 0. The van der Waals surface area contributed by atoms with Crippen molar-refractivity contribution in [2.45, 2.75) is 25.8 Å². The van der Waals surface area contributed by atoms with E-state index in [4.69, 9.17) is 0 Å². The minimum atomic E-state index is -0.728. The first kappa shape index (κ1) is 13.0. The van der Waals surface area contributed by atoms with E-state index in [2.05, 4.69) is 15.6 Å². The van der Waals surface area contributed by atoms with Crippen LogP contribution in [-0.2, 0) is 9.59 Å². The van der Waals surface area contributed by atoms with Crippen LogP contribution in [0.1, 0.15) is 40.6 Å². The summed E-state index contributed by atoms with van der Waals surface area (Å²) in [5, 5.41) is 4.66. The Morgan fingerprint density at radius 3 is 2.68 bits per heavy atom. The van der Waals surface area contributed by atoms with Gasteiger partial charge >= 0.3 is 0 Å². The average Bonchev–Trinajstić information content (AvgIpc) is 2.82. The van der Waals surface area contributed by atoms with Crippen molar-refractivity contribution in [3.63, 3.8) is 0 Å². The van der Waals surface area contributed by atoms with Gasteiger partial charge in [0.1, 0.15) is 11.7 Å². The number of H-pyrrole nitrogens is 1. The smallest absolute Gasteiger partial charge is 0.268 e. The van der Waals surface area contributed by atoms with Gasteiger partial charge in [0.25, 0.3) is 5.91 Å². The van der Waals surface area contributed by atoms with Crippen molar-refractivity contribution in [2.75, 3.05) is 0 Å². The SMILES string of the molecule is CC(=O)c1c[nH]c(C(=O)NC2CCC(=O)NC2=O)c1. The Bertz CT molecular complexity index is 561. The first-order valence-electron chi connectivity index (χ1n) is 5.81. The Morgan fingerprint density at radius 1 is 1.37 bits per heavy atom. The van der Waals surface area contributed by atoms with Crippen LogP contribution in [0.5, 0.6) is 0 Å². The van der Waals surface area contributed by atoms with E-state index in [1.807, 2.05) is 0 Å². The summed E-state index contributed by atoms with van der Waals surface area (Å²) in [5.41, 5.74) is 0.600. The van der Waals surface area contributed by atoms with Crippen molar-refractivity contribution in [2.24, 2.45) is 0 Å².